The second-order valence-corrected chi connectivity index (χ2v) is 4.70. The molecule has 0 atom stereocenters. The Bertz CT molecular complexity index is 359. The van der Waals surface area contributed by atoms with Gasteiger partial charge in [0.25, 0.3) is 0 Å². The van der Waals surface area contributed by atoms with Gasteiger partial charge in [0, 0.05) is 18.7 Å². The van der Waals surface area contributed by atoms with Crippen molar-refractivity contribution in [2.75, 3.05) is 6.54 Å². The second-order valence-electron chi connectivity index (χ2n) is 4.70. The van der Waals surface area contributed by atoms with Gasteiger partial charge in [0.1, 0.15) is 0 Å². The molecule has 3 N–H and O–H groups in total. The Morgan fingerprint density at radius 1 is 1.33 bits per heavy atom. The van der Waals surface area contributed by atoms with Gasteiger partial charge in [0.2, 0.25) is 0 Å². The van der Waals surface area contributed by atoms with Crippen LogP contribution < -0.4 is 5.32 Å². The molecule has 0 heterocycles. The predicted molar refractivity (Wildman–Crippen MR) is 58.8 cm³/mol. The van der Waals surface area contributed by atoms with E-state index in [0.717, 1.165) is 12.1 Å². The third-order valence-electron chi connectivity index (χ3n) is 3.07. The molecule has 0 amide bonds. The van der Waals surface area contributed by atoms with Crippen molar-refractivity contribution in [3.8, 4) is 11.5 Å². The van der Waals surface area contributed by atoms with Crippen LogP contribution in [0.5, 0.6) is 11.5 Å². The van der Waals surface area contributed by atoms with E-state index in [0.29, 0.717) is 12.0 Å². The summed E-state index contributed by atoms with van der Waals surface area (Å²) in [6.07, 6.45) is 2.57. The molecule has 3 nitrogen and oxygen atoms in total. The van der Waals surface area contributed by atoms with Gasteiger partial charge in [0.15, 0.2) is 11.5 Å². The van der Waals surface area contributed by atoms with E-state index in [1.54, 1.807) is 6.07 Å². The molecule has 1 aromatic rings. The molecule has 0 aliphatic heterocycles. The molecule has 0 aromatic heterocycles. The lowest BCUT2D eigenvalue weighted by molar-refractivity contribution is 0.396. The summed E-state index contributed by atoms with van der Waals surface area (Å²) in [4.78, 5) is 0. The highest BCUT2D eigenvalue weighted by atomic mass is 16.3. The first-order chi connectivity index (χ1) is 7.11. The van der Waals surface area contributed by atoms with Crippen LogP contribution in [-0.2, 0) is 6.54 Å². The minimum atomic E-state index is -0.0491. The van der Waals surface area contributed by atoms with Gasteiger partial charge < -0.3 is 15.5 Å². The number of para-hydroxylation sites is 1. The molecule has 0 unspecified atom stereocenters. The highest BCUT2D eigenvalue weighted by Crippen LogP contribution is 2.44. The average Bonchev–Trinajstić information content (AvgIpc) is 2.92. The minimum absolute atomic E-state index is 0.00838. The molecular formula is C12H17NO2. The predicted octanol–water partition coefficient (Wildman–Crippen LogP) is 1.99. The van der Waals surface area contributed by atoms with Gasteiger partial charge in [-0.05, 0) is 24.3 Å². The average molecular weight is 207 g/mol. The SMILES string of the molecule is CC1(CNCc2cccc(O)c2O)CC1. The summed E-state index contributed by atoms with van der Waals surface area (Å²) in [6.45, 7) is 3.83. The number of rotatable bonds is 4. The maximum absolute atomic E-state index is 9.55. The highest BCUT2D eigenvalue weighted by Gasteiger charge is 2.36. The maximum Gasteiger partial charge on any atom is 0.161 e. The number of phenolic OH excluding ortho intramolecular Hbond substituents is 2. The topological polar surface area (TPSA) is 52.5 Å². The third kappa shape index (κ3) is 2.42. The lowest BCUT2D eigenvalue weighted by atomic mass is 10.1. The highest BCUT2D eigenvalue weighted by molar-refractivity contribution is 5.44. The molecule has 82 valence electrons. The van der Waals surface area contributed by atoms with Crippen LogP contribution in [-0.4, -0.2) is 16.8 Å². The lowest BCUT2D eigenvalue weighted by Crippen LogP contribution is -2.21. The Labute approximate surface area is 89.8 Å². The molecule has 1 saturated carbocycles. The Morgan fingerprint density at radius 2 is 2.07 bits per heavy atom. The molecule has 2 rings (SSSR count). The van der Waals surface area contributed by atoms with Crippen LogP contribution in [0.4, 0.5) is 0 Å². The van der Waals surface area contributed by atoms with E-state index in [1.165, 1.54) is 18.9 Å². The van der Waals surface area contributed by atoms with E-state index in [1.807, 2.05) is 6.07 Å². The Hall–Kier alpha value is -1.22. The lowest BCUT2D eigenvalue weighted by Gasteiger charge is -2.11. The van der Waals surface area contributed by atoms with Crippen molar-refractivity contribution in [1.82, 2.24) is 5.32 Å². The van der Waals surface area contributed by atoms with E-state index >= 15 is 0 Å². The van der Waals surface area contributed by atoms with Crippen molar-refractivity contribution in [3.05, 3.63) is 23.8 Å². The molecule has 0 bridgehead atoms. The number of phenols is 2. The number of nitrogens with one attached hydrogen (secondary N) is 1. The van der Waals surface area contributed by atoms with Gasteiger partial charge in [-0.2, -0.15) is 0 Å². The fourth-order valence-electron chi connectivity index (χ4n) is 1.61. The summed E-state index contributed by atoms with van der Waals surface area (Å²) in [5, 5.41) is 22.1. The zero-order chi connectivity index (χ0) is 10.9. The Balaban J connectivity index is 1.90. The zero-order valence-corrected chi connectivity index (χ0v) is 8.95. The van der Waals surface area contributed by atoms with Crippen LogP contribution in [0.1, 0.15) is 25.3 Å². The molecule has 1 aliphatic rings. The normalized spacial score (nSPS) is 17.7. The van der Waals surface area contributed by atoms with E-state index in [9.17, 15) is 10.2 Å². The monoisotopic (exact) mass is 207 g/mol. The molecule has 15 heavy (non-hydrogen) atoms. The smallest absolute Gasteiger partial charge is 0.161 e. The zero-order valence-electron chi connectivity index (χ0n) is 8.95. The first-order valence-corrected chi connectivity index (χ1v) is 5.31. The molecule has 0 saturated heterocycles. The second kappa shape index (κ2) is 3.74. The van der Waals surface area contributed by atoms with Gasteiger partial charge in [-0.15, -0.1) is 0 Å². The first-order valence-electron chi connectivity index (χ1n) is 5.31. The number of hydrogen-bond acceptors (Lipinski definition) is 3. The van der Waals surface area contributed by atoms with E-state index in [-0.39, 0.29) is 11.5 Å². The third-order valence-corrected chi connectivity index (χ3v) is 3.07. The Kier molecular flexibility index (Phi) is 2.57. The van der Waals surface area contributed by atoms with Gasteiger partial charge in [0.05, 0.1) is 0 Å². The molecule has 1 fully saturated rings. The van der Waals surface area contributed by atoms with Crippen molar-refractivity contribution < 1.29 is 10.2 Å². The van der Waals surface area contributed by atoms with Gasteiger partial charge in [-0.3, -0.25) is 0 Å². The van der Waals surface area contributed by atoms with Gasteiger partial charge >= 0.3 is 0 Å². The molecule has 1 aliphatic carbocycles. The number of aromatic hydroxyl groups is 2. The molecule has 1 aromatic carbocycles. The summed E-state index contributed by atoms with van der Waals surface area (Å²) < 4.78 is 0. The van der Waals surface area contributed by atoms with Crippen LogP contribution in [0.2, 0.25) is 0 Å². The van der Waals surface area contributed by atoms with Crippen molar-refractivity contribution in [2.24, 2.45) is 5.41 Å². The van der Waals surface area contributed by atoms with Crippen molar-refractivity contribution >= 4 is 0 Å². The van der Waals surface area contributed by atoms with Gasteiger partial charge in [-0.1, -0.05) is 19.1 Å². The van der Waals surface area contributed by atoms with Crippen molar-refractivity contribution in [3.63, 3.8) is 0 Å². The summed E-state index contributed by atoms with van der Waals surface area (Å²) in [5.41, 5.74) is 1.21. The van der Waals surface area contributed by atoms with Crippen LogP contribution in [0.25, 0.3) is 0 Å². The van der Waals surface area contributed by atoms with Crippen LogP contribution in [0, 0.1) is 5.41 Å². The quantitative estimate of drug-likeness (QED) is 0.662. The van der Waals surface area contributed by atoms with Crippen molar-refractivity contribution in [1.29, 1.82) is 0 Å². The molecule has 0 radical (unpaired) electrons. The molecule has 0 spiro atoms. The number of benzene rings is 1. The van der Waals surface area contributed by atoms with Crippen LogP contribution in [0.3, 0.4) is 0 Å². The fraction of sp³-hybridized carbons (Fsp3) is 0.500. The largest absolute Gasteiger partial charge is 0.504 e. The Morgan fingerprint density at radius 3 is 2.73 bits per heavy atom. The van der Waals surface area contributed by atoms with Crippen LogP contribution >= 0.6 is 0 Å². The van der Waals surface area contributed by atoms with E-state index in [4.69, 9.17) is 0 Å². The minimum Gasteiger partial charge on any atom is -0.504 e. The molecule has 3 heteroatoms. The summed E-state index contributed by atoms with van der Waals surface area (Å²) in [6, 6.07) is 5.04. The fourth-order valence-corrected chi connectivity index (χ4v) is 1.61. The maximum atomic E-state index is 9.55. The van der Waals surface area contributed by atoms with E-state index < -0.39 is 0 Å². The standard InChI is InChI=1S/C12H17NO2/c1-12(5-6-12)8-13-7-9-3-2-4-10(14)11(9)15/h2-4,13-15H,5-8H2,1H3. The summed E-state index contributed by atoms with van der Waals surface area (Å²) >= 11 is 0. The number of hydrogen-bond donors (Lipinski definition) is 3. The van der Waals surface area contributed by atoms with Crippen LogP contribution in [0.15, 0.2) is 18.2 Å². The van der Waals surface area contributed by atoms with Gasteiger partial charge in [-0.25, -0.2) is 0 Å². The molecular weight excluding hydrogens is 190 g/mol. The summed E-state index contributed by atoms with van der Waals surface area (Å²) in [7, 11) is 0. The van der Waals surface area contributed by atoms with E-state index in [2.05, 4.69) is 12.2 Å². The summed E-state index contributed by atoms with van der Waals surface area (Å²) in [5.74, 6) is -0.0575. The van der Waals surface area contributed by atoms with Crippen molar-refractivity contribution in [2.45, 2.75) is 26.3 Å². The first kappa shape index (κ1) is 10.3.